The number of hydrogen-bond acceptors (Lipinski definition) is 4. The lowest BCUT2D eigenvalue weighted by atomic mass is 10.00. The van der Waals surface area contributed by atoms with Gasteiger partial charge in [-0.1, -0.05) is 65.7 Å². The lowest BCUT2D eigenvalue weighted by molar-refractivity contribution is -0.142. The van der Waals surface area contributed by atoms with Crippen molar-refractivity contribution in [3.8, 4) is 0 Å². The summed E-state index contributed by atoms with van der Waals surface area (Å²) in [6.07, 6.45) is 1.68. The van der Waals surface area contributed by atoms with E-state index in [1.165, 1.54) is 9.21 Å². The van der Waals surface area contributed by atoms with Gasteiger partial charge in [-0.15, -0.1) is 0 Å². The van der Waals surface area contributed by atoms with Crippen LogP contribution in [0.3, 0.4) is 0 Å². The summed E-state index contributed by atoms with van der Waals surface area (Å²) in [6.45, 7) is 9.59. The Morgan fingerprint density at radius 1 is 0.907 bits per heavy atom. The summed E-state index contributed by atoms with van der Waals surface area (Å²) in [6, 6.07) is 19.3. The maximum atomic E-state index is 14.0. The van der Waals surface area contributed by atoms with E-state index in [0.29, 0.717) is 21.3 Å². The first kappa shape index (κ1) is 34.4. The maximum absolute atomic E-state index is 14.0. The Bertz CT molecular complexity index is 1500. The molecule has 3 rings (SSSR count). The molecular formula is C33H41Cl2N3O4S. The maximum Gasteiger partial charge on any atom is 0.243 e. The second-order valence-electron chi connectivity index (χ2n) is 12.0. The van der Waals surface area contributed by atoms with E-state index in [2.05, 4.69) is 5.32 Å². The number of sulfonamides is 1. The highest BCUT2D eigenvalue weighted by Gasteiger charge is 2.33. The minimum Gasteiger partial charge on any atom is -0.350 e. The first-order valence-electron chi connectivity index (χ1n) is 14.2. The van der Waals surface area contributed by atoms with E-state index >= 15 is 0 Å². The summed E-state index contributed by atoms with van der Waals surface area (Å²) >= 11 is 13.0. The molecule has 1 unspecified atom stereocenters. The summed E-state index contributed by atoms with van der Waals surface area (Å²) in [4.78, 5) is 29.3. The van der Waals surface area contributed by atoms with Gasteiger partial charge in [0.15, 0.2) is 0 Å². The fourth-order valence-corrected chi connectivity index (χ4v) is 6.43. The number of amides is 2. The predicted octanol–water partition coefficient (Wildman–Crippen LogP) is 6.71. The topological polar surface area (TPSA) is 86.8 Å². The van der Waals surface area contributed by atoms with Crippen molar-refractivity contribution >= 4 is 50.7 Å². The van der Waals surface area contributed by atoms with Crippen LogP contribution in [0.2, 0.25) is 10.0 Å². The van der Waals surface area contributed by atoms with Gasteiger partial charge in [0, 0.05) is 47.1 Å². The number of nitrogens with zero attached hydrogens (tertiary/aromatic N) is 2. The van der Waals surface area contributed by atoms with Gasteiger partial charge in [0.1, 0.15) is 6.04 Å². The molecule has 0 saturated heterocycles. The standard InChI is InChI=1S/C33H41Cl2N3O4S/c1-23-18-24(2)20-26(19-23)38(43(6,41)42)17-11-16-31(39)37(22-27-28(34)14-10-15-29(27)35)30(32(40)36-33(3,4)5)21-25-12-8-7-9-13-25/h7-10,12-15,18-20,30H,11,16-17,21-22H2,1-6H3,(H,36,40). The molecule has 0 spiro atoms. The highest BCUT2D eigenvalue weighted by molar-refractivity contribution is 7.92. The van der Waals surface area contributed by atoms with Crippen molar-refractivity contribution in [2.75, 3.05) is 17.1 Å². The Morgan fingerprint density at radius 2 is 1.49 bits per heavy atom. The van der Waals surface area contributed by atoms with Crippen LogP contribution in [-0.4, -0.2) is 49.5 Å². The van der Waals surface area contributed by atoms with Gasteiger partial charge in [-0.25, -0.2) is 8.42 Å². The van der Waals surface area contributed by atoms with Crippen LogP contribution in [0.1, 0.15) is 55.9 Å². The van der Waals surface area contributed by atoms with E-state index in [-0.39, 0.29) is 44.2 Å². The van der Waals surface area contributed by atoms with Gasteiger partial charge in [-0.2, -0.15) is 0 Å². The summed E-state index contributed by atoms with van der Waals surface area (Å²) < 4.78 is 26.8. The molecule has 0 aromatic heterocycles. The molecule has 7 nitrogen and oxygen atoms in total. The average molecular weight is 647 g/mol. The van der Waals surface area contributed by atoms with Gasteiger partial charge < -0.3 is 10.2 Å². The second-order valence-corrected chi connectivity index (χ2v) is 14.7. The fourth-order valence-electron chi connectivity index (χ4n) is 4.96. The summed E-state index contributed by atoms with van der Waals surface area (Å²) in [5.41, 5.74) is 3.32. The fraction of sp³-hybridized carbons (Fsp3) is 0.394. The van der Waals surface area contributed by atoms with Crippen molar-refractivity contribution in [3.63, 3.8) is 0 Å². The van der Waals surface area contributed by atoms with Crippen molar-refractivity contribution in [1.82, 2.24) is 10.2 Å². The smallest absolute Gasteiger partial charge is 0.243 e. The van der Waals surface area contributed by atoms with Crippen molar-refractivity contribution in [3.05, 3.63) is 99.0 Å². The molecular weight excluding hydrogens is 605 g/mol. The first-order chi connectivity index (χ1) is 20.0. The zero-order valence-corrected chi connectivity index (χ0v) is 28.0. The molecule has 0 fully saturated rings. The molecule has 0 radical (unpaired) electrons. The van der Waals surface area contributed by atoms with E-state index in [0.717, 1.165) is 22.9 Å². The Labute approximate surface area is 266 Å². The molecule has 0 heterocycles. The number of halogens is 2. The van der Waals surface area contributed by atoms with Crippen molar-refractivity contribution in [2.24, 2.45) is 0 Å². The van der Waals surface area contributed by atoms with Crippen LogP contribution < -0.4 is 9.62 Å². The molecule has 3 aromatic carbocycles. The number of aryl methyl sites for hydroxylation is 2. The van der Waals surface area contributed by atoms with Crippen molar-refractivity contribution in [1.29, 1.82) is 0 Å². The van der Waals surface area contributed by atoms with Gasteiger partial charge in [-0.3, -0.25) is 13.9 Å². The highest BCUT2D eigenvalue weighted by Crippen LogP contribution is 2.28. The van der Waals surface area contributed by atoms with Gasteiger partial charge in [-0.05, 0) is 82.0 Å². The average Bonchev–Trinajstić information content (AvgIpc) is 2.88. The van der Waals surface area contributed by atoms with E-state index in [9.17, 15) is 18.0 Å². The molecule has 0 aliphatic carbocycles. The minimum atomic E-state index is -3.61. The van der Waals surface area contributed by atoms with Crippen molar-refractivity contribution in [2.45, 2.75) is 72.0 Å². The molecule has 2 amide bonds. The number of benzene rings is 3. The van der Waals surface area contributed by atoms with Gasteiger partial charge in [0.25, 0.3) is 0 Å². The van der Waals surface area contributed by atoms with E-state index < -0.39 is 21.6 Å². The molecule has 10 heteroatoms. The Morgan fingerprint density at radius 3 is 2.02 bits per heavy atom. The molecule has 1 atom stereocenters. The van der Waals surface area contributed by atoms with Gasteiger partial charge >= 0.3 is 0 Å². The highest BCUT2D eigenvalue weighted by atomic mass is 35.5. The lowest BCUT2D eigenvalue weighted by Gasteiger charge is -2.34. The number of nitrogens with one attached hydrogen (secondary N) is 1. The Hall–Kier alpha value is -3.07. The Balaban J connectivity index is 1.96. The zero-order chi connectivity index (χ0) is 31.9. The number of carbonyl (C=O) groups excluding carboxylic acids is 2. The van der Waals surface area contributed by atoms with E-state index in [1.54, 1.807) is 18.2 Å². The van der Waals surface area contributed by atoms with Crippen LogP contribution in [0.15, 0.2) is 66.7 Å². The molecule has 0 aliphatic heterocycles. The number of hydrogen-bond donors (Lipinski definition) is 1. The molecule has 0 bridgehead atoms. The predicted molar refractivity (Wildman–Crippen MR) is 176 cm³/mol. The number of rotatable bonds is 12. The molecule has 232 valence electrons. The van der Waals surface area contributed by atoms with Crippen LogP contribution in [0.5, 0.6) is 0 Å². The minimum absolute atomic E-state index is 0.00692. The third kappa shape index (κ3) is 10.3. The zero-order valence-electron chi connectivity index (χ0n) is 25.7. The summed E-state index contributed by atoms with van der Waals surface area (Å²) in [5.74, 6) is -0.615. The number of anilines is 1. The monoisotopic (exact) mass is 645 g/mol. The van der Waals surface area contributed by atoms with Crippen LogP contribution >= 0.6 is 23.2 Å². The lowest BCUT2D eigenvalue weighted by Crippen LogP contribution is -2.54. The normalized spacial score (nSPS) is 12.5. The molecule has 1 N–H and O–H groups in total. The van der Waals surface area contributed by atoms with Gasteiger partial charge in [0.05, 0.1) is 11.9 Å². The number of carbonyl (C=O) groups is 2. The summed E-state index contributed by atoms with van der Waals surface area (Å²) in [7, 11) is -3.61. The third-order valence-electron chi connectivity index (χ3n) is 6.81. The van der Waals surface area contributed by atoms with Crippen molar-refractivity contribution < 1.29 is 18.0 Å². The Kier molecular flexibility index (Phi) is 11.7. The summed E-state index contributed by atoms with van der Waals surface area (Å²) in [5, 5.41) is 3.80. The van der Waals surface area contributed by atoms with Crippen LogP contribution in [0, 0.1) is 13.8 Å². The van der Waals surface area contributed by atoms with Crippen LogP contribution in [0.4, 0.5) is 5.69 Å². The van der Waals surface area contributed by atoms with Crippen LogP contribution in [-0.2, 0) is 32.6 Å². The van der Waals surface area contributed by atoms with Gasteiger partial charge in [0.2, 0.25) is 21.8 Å². The van der Waals surface area contributed by atoms with Crippen LogP contribution in [0.25, 0.3) is 0 Å². The quantitative estimate of drug-likeness (QED) is 0.237. The molecule has 43 heavy (non-hydrogen) atoms. The molecule has 3 aromatic rings. The van der Waals surface area contributed by atoms with E-state index in [4.69, 9.17) is 23.2 Å². The molecule has 0 aliphatic rings. The first-order valence-corrected chi connectivity index (χ1v) is 16.8. The van der Waals surface area contributed by atoms with E-state index in [1.807, 2.05) is 83.1 Å². The second kappa shape index (κ2) is 14.6. The molecule has 0 saturated carbocycles. The largest absolute Gasteiger partial charge is 0.350 e. The SMILES string of the molecule is Cc1cc(C)cc(N(CCCC(=O)N(Cc2c(Cl)cccc2Cl)C(Cc2ccccc2)C(=O)NC(C)(C)C)S(C)(=O)=O)c1. The third-order valence-corrected chi connectivity index (χ3v) is 8.71.